The van der Waals surface area contributed by atoms with Gasteiger partial charge in [-0.1, -0.05) is 19.8 Å². The molecule has 3 nitrogen and oxygen atoms in total. The first-order valence-corrected chi connectivity index (χ1v) is 4.12. The van der Waals surface area contributed by atoms with Gasteiger partial charge in [0.1, 0.15) is 0 Å². The Kier molecular flexibility index (Phi) is 13.1. The molecule has 0 bridgehead atoms. The van der Waals surface area contributed by atoms with Crippen LogP contribution in [0.25, 0.3) is 0 Å². The summed E-state index contributed by atoms with van der Waals surface area (Å²) >= 11 is 0. The van der Waals surface area contributed by atoms with Gasteiger partial charge < -0.3 is 15.2 Å². The van der Waals surface area contributed by atoms with Gasteiger partial charge >= 0.3 is 51.4 Å². The first kappa shape index (κ1) is 15.5. The van der Waals surface area contributed by atoms with Gasteiger partial charge in [-0.2, -0.15) is 0 Å². The van der Waals surface area contributed by atoms with Crippen molar-refractivity contribution in [1.29, 1.82) is 0 Å². The van der Waals surface area contributed by atoms with Crippen LogP contribution in [0.5, 0.6) is 0 Å². The van der Waals surface area contributed by atoms with Crippen LogP contribution in [0.2, 0.25) is 0 Å². The smallest absolute Gasteiger partial charge is 0.548 e. The fraction of sp³-hybridized carbons (Fsp3) is 0.875. The number of hydrogen-bond acceptors (Lipinski definition) is 3. The number of carboxylic acids is 1. The summed E-state index contributed by atoms with van der Waals surface area (Å²) in [7, 11) is 0. The summed E-state index contributed by atoms with van der Waals surface area (Å²) in [6, 6.07) is -0.521. The van der Waals surface area contributed by atoms with Crippen molar-refractivity contribution < 1.29 is 61.3 Å². The Morgan fingerprint density at radius 2 is 2.08 bits per heavy atom. The summed E-state index contributed by atoms with van der Waals surface area (Å²) in [6.07, 6.45) is 3.34. The molecule has 0 fully saturated rings. The van der Waals surface area contributed by atoms with E-state index in [0.717, 1.165) is 25.8 Å². The van der Waals surface area contributed by atoms with Crippen molar-refractivity contribution in [3.63, 3.8) is 0 Å². The molecule has 12 heavy (non-hydrogen) atoms. The van der Waals surface area contributed by atoms with Crippen molar-refractivity contribution in [2.75, 3.05) is 6.54 Å². The van der Waals surface area contributed by atoms with Crippen LogP contribution in [0.15, 0.2) is 0 Å². The van der Waals surface area contributed by atoms with Gasteiger partial charge in [-0.25, -0.2) is 0 Å². The number of carboxylic acid groups (broad SMARTS) is 1. The predicted octanol–water partition coefficient (Wildman–Crippen LogP) is -3.09. The fourth-order valence-corrected chi connectivity index (χ4v) is 0.777. The molecule has 0 aliphatic heterocycles. The summed E-state index contributed by atoms with van der Waals surface area (Å²) in [4.78, 5) is 10.2. The molecule has 0 aromatic rings. The van der Waals surface area contributed by atoms with Crippen LogP contribution in [0.4, 0.5) is 0 Å². The molecular formula is C8H16KNO2. The quantitative estimate of drug-likeness (QED) is 0.363. The number of aliphatic carboxylic acids is 1. The van der Waals surface area contributed by atoms with Crippen LogP contribution in [-0.4, -0.2) is 18.6 Å². The molecule has 0 spiro atoms. The summed E-state index contributed by atoms with van der Waals surface area (Å²) < 4.78 is 0. The Bertz CT molecular complexity index is 120. The molecule has 0 saturated carbocycles. The van der Waals surface area contributed by atoms with E-state index in [9.17, 15) is 9.90 Å². The van der Waals surface area contributed by atoms with Crippen molar-refractivity contribution in [1.82, 2.24) is 5.32 Å². The summed E-state index contributed by atoms with van der Waals surface area (Å²) in [5, 5.41) is 13.0. The van der Waals surface area contributed by atoms with Gasteiger partial charge in [-0.15, -0.1) is 0 Å². The number of carbonyl (C=O) groups is 1. The van der Waals surface area contributed by atoms with E-state index in [0.29, 0.717) is 0 Å². The van der Waals surface area contributed by atoms with E-state index in [1.807, 2.05) is 0 Å². The zero-order valence-corrected chi connectivity index (χ0v) is 11.3. The molecule has 1 atom stereocenters. The molecule has 0 saturated heterocycles. The Morgan fingerprint density at radius 3 is 2.50 bits per heavy atom. The number of carbonyl (C=O) groups excluding carboxylic acids is 1. The van der Waals surface area contributed by atoms with E-state index in [1.165, 1.54) is 0 Å². The van der Waals surface area contributed by atoms with Crippen molar-refractivity contribution >= 4 is 5.97 Å². The maximum absolute atomic E-state index is 10.2. The minimum Gasteiger partial charge on any atom is -0.548 e. The van der Waals surface area contributed by atoms with Gasteiger partial charge in [0.05, 0.1) is 5.97 Å². The van der Waals surface area contributed by atoms with Crippen molar-refractivity contribution in [3.05, 3.63) is 0 Å². The molecule has 1 N–H and O–H groups in total. The van der Waals surface area contributed by atoms with Crippen LogP contribution in [0.1, 0.15) is 33.1 Å². The molecule has 0 heterocycles. The molecule has 1 unspecified atom stereocenters. The first-order chi connectivity index (χ1) is 5.18. The van der Waals surface area contributed by atoms with Crippen molar-refractivity contribution in [3.8, 4) is 0 Å². The van der Waals surface area contributed by atoms with Gasteiger partial charge in [-0.05, 0) is 19.9 Å². The van der Waals surface area contributed by atoms with E-state index >= 15 is 0 Å². The van der Waals surface area contributed by atoms with Crippen LogP contribution >= 0.6 is 0 Å². The number of rotatable bonds is 6. The maximum atomic E-state index is 10.2. The predicted molar refractivity (Wildman–Crippen MR) is 42.0 cm³/mol. The zero-order chi connectivity index (χ0) is 8.69. The number of nitrogens with one attached hydrogen (secondary N) is 1. The second-order valence-corrected chi connectivity index (χ2v) is 2.70. The average molecular weight is 197 g/mol. The molecule has 0 aliphatic rings. The van der Waals surface area contributed by atoms with Crippen molar-refractivity contribution in [2.45, 2.75) is 39.2 Å². The molecule has 66 valence electrons. The van der Waals surface area contributed by atoms with Gasteiger partial charge in [0.25, 0.3) is 0 Å². The van der Waals surface area contributed by atoms with Gasteiger partial charge in [-0.3, -0.25) is 0 Å². The Balaban J connectivity index is 0. The zero-order valence-electron chi connectivity index (χ0n) is 8.22. The molecule has 4 heteroatoms. The standard InChI is InChI=1S/C8H17NO2.K/c1-3-4-5-6-9-7(2)8(10)11;/h7,9H,3-6H2,1-2H3,(H,10,11);/q;+1/p-1. The third-order valence-corrected chi connectivity index (χ3v) is 1.58. The third kappa shape index (κ3) is 9.16. The average Bonchev–Trinajstić information content (AvgIpc) is 1.97. The fourth-order valence-electron chi connectivity index (χ4n) is 0.777. The second-order valence-electron chi connectivity index (χ2n) is 2.70. The molecule has 0 amide bonds. The first-order valence-electron chi connectivity index (χ1n) is 4.12. The Labute approximate surface area is 117 Å². The normalized spacial score (nSPS) is 11.8. The molecule has 0 aliphatic carbocycles. The van der Waals surface area contributed by atoms with Gasteiger partial charge in [0.15, 0.2) is 0 Å². The van der Waals surface area contributed by atoms with Crippen LogP contribution < -0.4 is 61.8 Å². The number of unbranched alkanes of at least 4 members (excludes halogenated alkanes) is 2. The van der Waals surface area contributed by atoms with Crippen LogP contribution in [0.3, 0.4) is 0 Å². The number of hydrogen-bond donors (Lipinski definition) is 1. The van der Waals surface area contributed by atoms with Crippen molar-refractivity contribution in [2.24, 2.45) is 0 Å². The molecular weight excluding hydrogens is 181 g/mol. The molecule has 0 rings (SSSR count). The minimum absolute atomic E-state index is 0. The topological polar surface area (TPSA) is 52.2 Å². The summed E-state index contributed by atoms with van der Waals surface area (Å²) in [5.74, 6) is -1.03. The maximum Gasteiger partial charge on any atom is 1.00 e. The minimum atomic E-state index is -1.03. The molecule has 0 aromatic carbocycles. The third-order valence-electron chi connectivity index (χ3n) is 1.58. The van der Waals surface area contributed by atoms with E-state index in [2.05, 4.69) is 12.2 Å². The van der Waals surface area contributed by atoms with E-state index < -0.39 is 12.0 Å². The Morgan fingerprint density at radius 1 is 1.50 bits per heavy atom. The molecule has 0 radical (unpaired) electrons. The van der Waals surface area contributed by atoms with Gasteiger partial charge in [0.2, 0.25) is 0 Å². The monoisotopic (exact) mass is 197 g/mol. The van der Waals surface area contributed by atoms with Gasteiger partial charge in [0, 0.05) is 6.04 Å². The second kappa shape index (κ2) is 10.1. The largest absolute Gasteiger partial charge is 1.00 e. The Hall–Kier alpha value is 1.07. The summed E-state index contributed by atoms with van der Waals surface area (Å²) in [6.45, 7) is 4.48. The van der Waals surface area contributed by atoms with E-state index in [1.54, 1.807) is 6.92 Å². The SMILES string of the molecule is CCCCCNC(C)C(=O)[O-].[K+]. The van der Waals surface area contributed by atoms with E-state index in [4.69, 9.17) is 0 Å². The van der Waals surface area contributed by atoms with E-state index in [-0.39, 0.29) is 51.4 Å². The van der Waals surface area contributed by atoms with Crippen LogP contribution in [0, 0.1) is 0 Å². The molecule has 0 aromatic heterocycles. The summed E-state index contributed by atoms with van der Waals surface area (Å²) in [5.41, 5.74) is 0. The van der Waals surface area contributed by atoms with Crippen LogP contribution in [-0.2, 0) is 4.79 Å².